The van der Waals surface area contributed by atoms with Crippen molar-refractivity contribution >= 4 is 27.3 Å². The van der Waals surface area contributed by atoms with E-state index in [-0.39, 0.29) is 17.4 Å². The Balaban J connectivity index is 1.60. The van der Waals surface area contributed by atoms with Gasteiger partial charge in [-0.3, -0.25) is 9.52 Å². The van der Waals surface area contributed by atoms with Gasteiger partial charge in [-0.2, -0.15) is 0 Å². The van der Waals surface area contributed by atoms with E-state index < -0.39 is 10.0 Å². The van der Waals surface area contributed by atoms with Crippen molar-refractivity contribution < 1.29 is 17.9 Å². The summed E-state index contributed by atoms with van der Waals surface area (Å²) in [6.07, 6.45) is 0. The fraction of sp³-hybridized carbons (Fsp3) is 0.208. The topological polar surface area (TPSA) is 84.5 Å². The quantitative estimate of drug-likeness (QED) is 0.522. The van der Waals surface area contributed by atoms with Gasteiger partial charge in [-0.1, -0.05) is 44.2 Å². The average molecular weight is 439 g/mol. The zero-order valence-corrected chi connectivity index (χ0v) is 18.6. The Morgan fingerprint density at radius 2 is 1.61 bits per heavy atom. The SMILES string of the molecule is Cc1cc(S(=O)(=O)Nc2ccccc2)ccc1OCC(=O)Nc1ccc(C(C)C)cc1. The minimum atomic E-state index is -3.72. The molecule has 162 valence electrons. The maximum absolute atomic E-state index is 12.6. The van der Waals surface area contributed by atoms with Gasteiger partial charge in [-0.25, -0.2) is 8.42 Å². The lowest BCUT2D eigenvalue weighted by Crippen LogP contribution is -2.20. The summed E-state index contributed by atoms with van der Waals surface area (Å²) in [5.41, 5.74) is 2.99. The van der Waals surface area contributed by atoms with Gasteiger partial charge in [-0.15, -0.1) is 0 Å². The van der Waals surface area contributed by atoms with Crippen molar-refractivity contribution in [1.82, 2.24) is 0 Å². The molecule has 0 saturated carbocycles. The minimum Gasteiger partial charge on any atom is -0.483 e. The van der Waals surface area contributed by atoms with E-state index in [0.717, 1.165) is 0 Å². The summed E-state index contributed by atoms with van der Waals surface area (Å²) in [7, 11) is -3.72. The molecule has 3 aromatic rings. The average Bonchev–Trinajstić information content (AvgIpc) is 2.73. The molecule has 6 nitrogen and oxygen atoms in total. The number of sulfonamides is 1. The van der Waals surface area contributed by atoms with Crippen LogP contribution < -0.4 is 14.8 Å². The fourth-order valence-corrected chi connectivity index (χ4v) is 4.11. The van der Waals surface area contributed by atoms with E-state index in [1.165, 1.54) is 17.7 Å². The van der Waals surface area contributed by atoms with Crippen LogP contribution in [-0.2, 0) is 14.8 Å². The Bertz CT molecular complexity index is 1140. The maximum Gasteiger partial charge on any atom is 0.262 e. The van der Waals surface area contributed by atoms with E-state index in [4.69, 9.17) is 4.74 Å². The van der Waals surface area contributed by atoms with Crippen LogP contribution in [0.2, 0.25) is 0 Å². The number of carbonyl (C=O) groups is 1. The molecule has 31 heavy (non-hydrogen) atoms. The number of hydrogen-bond acceptors (Lipinski definition) is 4. The summed E-state index contributed by atoms with van der Waals surface area (Å²) in [4.78, 5) is 12.3. The summed E-state index contributed by atoms with van der Waals surface area (Å²) in [6, 6.07) is 20.9. The zero-order chi connectivity index (χ0) is 22.4. The lowest BCUT2D eigenvalue weighted by molar-refractivity contribution is -0.118. The molecule has 0 spiro atoms. The molecule has 0 heterocycles. The second kappa shape index (κ2) is 9.66. The van der Waals surface area contributed by atoms with Gasteiger partial charge in [0.15, 0.2) is 6.61 Å². The first-order chi connectivity index (χ1) is 14.7. The van der Waals surface area contributed by atoms with Crippen LogP contribution in [0, 0.1) is 6.92 Å². The molecule has 0 aliphatic heterocycles. The summed E-state index contributed by atoms with van der Waals surface area (Å²) in [5, 5.41) is 2.79. The predicted molar refractivity (Wildman–Crippen MR) is 123 cm³/mol. The van der Waals surface area contributed by atoms with Crippen LogP contribution in [0.4, 0.5) is 11.4 Å². The summed E-state index contributed by atoms with van der Waals surface area (Å²) < 4.78 is 33.3. The highest BCUT2D eigenvalue weighted by atomic mass is 32.2. The van der Waals surface area contributed by atoms with Gasteiger partial charge >= 0.3 is 0 Å². The first-order valence-electron chi connectivity index (χ1n) is 9.96. The molecule has 0 bridgehead atoms. The molecule has 0 unspecified atom stereocenters. The van der Waals surface area contributed by atoms with Crippen molar-refractivity contribution in [1.29, 1.82) is 0 Å². The maximum atomic E-state index is 12.6. The molecule has 0 aliphatic rings. The molecular weight excluding hydrogens is 412 g/mol. The minimum absolute atomic E-state index is 0.121. The lowest BCUT2D eigenvalue weighted by Gasteiger charge is -2.13. The third kappa shape index (κ3) is 6.08. The van der Waals surface area contributed by atoms with Crippen molar-refractivity contribution in [3.05, 3.63) is 83.9 Å². The Morgan fingerprint density at radius 1 is 0.935 bits per heavy atom. The molecule has 3 rings (SSSR count). The van der Waals surface area contributed by atoms with Crippen LogP contribution in [0.15, 0.2) is 77.7 Å². The summed E-state index contributed by atoms with van der Waals surface area (Å²) in [6.45, 7) is 5.77. The van der Waals surface area contributed by atoms with E-state index in [2.05, 4.69) is 23.9 Å². The number of nitrogens with one attached hydrogen (secondary N) is 2. The van der Waals surface area contributed by atoms with Gasteiger partial charge in [0.25, 0.3) is 15.9 Å². The number of benzene rings is 3. The van der Waals surface area contributed by atoms with Crippen molar-refractivity contribution in [2.75, 3.05) is 16.6 Å². The first-order valence-corrected chi connectivity index (χ1v) is 11.4. The van der Waals surface area contributed by atoms with Crippen molar-refractivity contribution in [3.63, 3.8) is 0 Å². The highest BCUT2D eigenvalue weighted by Gasteiger charge is 2.16. The molecule has 2 N–H and O–H groups in total. The molecular formula is C24H26N2O4S. The number of aryl methyl sites for hydroxylation is 1. The van der Waals surface area contributed by atoms with Gasteiger partial charge in [0, 0.05) is 11.4 Å². The second-order valence-electron chi connectivity index (χ2n) is 7.51. The fourth-order valence-electron chi connectivity index (χ4n) is 2.96. The monoisotopic (exact) mass is 438 g/mol. The second-order valence-corrected chi connectivity index (χ2v) is 9.19. The number of amides is 1. The number of carbonyl (C=O) groups excluding carboxylic acids is 1. The van der Waals surface area contributed by atoms with Gasteiger partial charge < -0.3 is 10.1 Å². The normalized spacial score (nSPS) is 11.2. The third-order valence-corrected chi connectivity index (χ3v) is 6.08. The predicted octanol–water partition coefficient (Wildman–Crippen LogP) is 4.94. The Kier molecular flexibility index (Phi) is 6.97. The number of hydrogen-bond donors (Lipinski definition) is 2. The van der Waals surface area contributed by atoms with Crippen LogP contribution in [0.3, 0.4) is 0 Å². The van der Waals surface area contributed by atoms with Crippen LogP contribution in [0.5, 0.6) is 5.75 Å². The summed E-state index contributed by atoms with van der Waals surface area (Å²) in [5.74, 6) is 0.578. The molecule has 0 saturated heterocycles. The largest absolute Gasteiger partial charge is 0.483 e. The molecule has 3 aromatic carbocycles. The summed E-state index contributed by atoms with van der Waals surface area (Å²) >= 11 is 0. The van der Waals surface area contributed by atoms with Gasteiger partial charge in [0.2, 0.25) is 0 Å². The van der Waals surface area contributed by atoms with E-state index in [0.29, 0.717) is 28.6 Å². The van der Waals surface area contributed by atoms with Crippen molar-refractivity contribution in [2.45, 2.75) is 31.6 Å². The zero-order valence-electron chi connectivity index (χ0n) is 17.8. The number of para-hydroxylation sites is 1. The lowest BCUT2D eigenvalue weighted by atomic mass is 10.0. The first kappa shape index (κ1) is 22.4. The molecule has 7 heteroatoms. The van der Waals surface area contributed by atoms with Gasteiger partial charge in [0.05, 0.1) is 4.90 Å². The van der Waals surface area contributed by atoms with Crippen LogP contribution in [-0.4, -0.2) is 20.9 Å². The standard InChI is InChI=1S/C24H26N2O4S/c1-17(2)19-9-11-20(12-10-19)25-24(27)16-30-23-14-13-22(15-18(23)3)31(28,29)26-21-7-5-4-6-8-21/h4-15,17,26H,16H2,1-3H3,(H,25,27). The van der Waals surface area contributed by atoms with E-state index >= 15 is 0 Å². The molecule has 0 radical (unpaired) electrons. The van der Waals surface area contributed by atoms with Crippen molar-refractivity contribution in [3.8, 4) is 5.75 Å². The number of ether oxygens (including phenoxy) is 1. The van der Waals surface area contributed by atoms with E-state index in [1.54, 1.807) is 37.3 Å². The van der Waals surface area contributed by atoms with Crippen molar-refractivity contribution in [2.24, 2.45) is 0 Å². The smallest absolute Gasteiger partial charge is 0.262 e. The van der Waals surface area contributed by atoms with Crippen LogP contribution in [0.1, 0.15) is 30.9 Å². The number of anilines is 2. The Hall–Kier alpha value is -3.32. The molecule has 0 aliphatic carbocycles. The van der Waals surface area contributed by atoms with E-state index in [9.17, 15) is 13.2 Å². The highest BCUT2D eigenvalue weighted by Crippen LogP contribution is 2.24. The third-order valence-electron chi connectivity index (χ3n) is 4.70. The molecule has 0 aromatic heterocycles. The van der Waals surface area contributed by atoms with Crippen LogP contribution >= 0.6 is 0 Å². The van der Waals surface area contributed by atoms with Gasteiger partial charge in [-0.05, 0) is 66.4 Å². The Morgan fingerprint density at radius 3 is 2.23 bits per heavy atom. The van der Waals surface area contributed by atoms with Crippen LogP contribution in [0.25, 0.3) is 0 Å². The van der Waals surface area contributed by atoms with Gasteiger partial charge in [0.1, 0.15) is 5.75 Å². The molecule has 1 amide bonds. The highest BCUT2D eigenvalue weighted by molar-refractivity contribution is 7.92. The molecule has 0 atom stereocenters. The molecule has 0 fully saturated rings. The number of rotatable bonds is 8. The van der Waals surface area contributed by atoms with E-state index in [1.807, 2.05) is 30.3 Å². The Labute approximate surface area is 183 Å².